The maximum atomic E-state index is 14.1. The molecule has 4 aliphatic rings. The Morgan fingerprint density at radius 1 is 1.03 bits per heavy atom. The minimum atomic E-state index is -1.16. The van der Waals surface area contributed by atoms with Crippen LogP contribution in [-0.4, -0.2) is 41.8 Å². The van der Waals surface area contributed by atoms with Crippen LogP contribution in [0.2, 0.25) is 10.0 Å². The molecule has 0 aliphatic carbocycles. The first-order chi connectivity index (χ1) is 15.4. The predicted molar refractivity (Wildman–Crippen MR) is 122 cm³/mol. The molecule has 3 amide bonds. The number of hydrogen-bond acceptors (Lipinski definition) is 4. The summed E-state index contributed by atoms with van der Waals surface area (Å²) in [5, 5.41) is 0.667. The van der Waals surface area contributed by atoms with Crippen molar-refractivity contribution in [2.24, 2.45) is 11.8 Å². The molecule has 4 atom stereocenters. The van der Waals surface area contributed by atoms with Crippen LogP contribution in [0.1, 0.15) is 25.3 Å². The van der Waals surface area contributed by atoms with Crippen molar-refractivity contribution in [3.05, 3.63) is 58.1 Å². The molecule has 6 nitrogen and oxygen atoms in total. The topological polar surface area (TPSA) is 60.9 Å². The van der Waals surface area contributed by atoms with E-state index in [1.54, 1.807) is 23.1 Å². The minimum Gasteiger partial charge on any atom is -0.310 e. The molecule has 0 aromatic heterocycles. The number of para-hydroxylation sites is 1. The average Bonchev–Trinajstić information content (AvgIpc) is 3.48. The number of imide groups is 1. The summed E-state index contributed by atoms with van der Waals surface area (Å²) in [6.45, 7) is 3.12. The van der Waals surface area contributed by atoms with Crippen LogP contribution in [0.25, 0.3) is 0 Å². The lowest BCUT2D eigenvalue weighted by molar-refractivity contribution is -0.137. The first-order valence-corrected chi connectivity index (χ1v) is 11.7. The second-order valence-corrected chi connectivity index (χ2v) is 9.69. The van der Waals surface area contributed by atoms with Gasteiger partial charge in [0.25, 0.3) is 5.91 Å². The van der Waals surface area contributed by atoms with Gasteiger partial charge in [-0.15, -0.1) is 0 Å². The van der Waals surface area contributed by atoms with Gasteiger partial charge in [-0.25, -0.2) is 4.90 Å². The number of carbonyl (C=O) groups is 3. The molecule has 164 valence electrons. The Bertz CT molecular complexity index is 1200. The number of amides is 3. The minimum absolute atomic E-state index is 0.110. The van der Waals surface area contributed by atoms with Crippen molar-refractivity contribution >= 4 is 52.3 Å². The van der Waals surface area contributed by atoms with E-state index in [9.17, 15) is 14.4 Å². The van der Waals surface area contributed by atoms with Crippen LogP contribution < -0.4 is 9.80 Å². The third-order valence-electron chi connectivity index (χ3n) is 7.61. The lowest BCUT2D eigenvalue weighted by Crippen LogP contribution is -2.56. The van der Waals surface area contributed by atoms with Crippen molar-refractivity contribution in [3.63, 3.8) is 0 Å². The first kappa shape index (κ1) is 20.2. The Kier molecular flexibility index (Phi) is 4.29. The molecule has 0 saturated carbocycles. The van der Waals surface area contributed by atoms with Crippen LogP contribution in [0.4, 0.5) is 11.4 Å². The maximum absolute atomic E-state index is 14.1. The van der Waals surface area contributed by atoms with E-state index in [-0.39, 0.29) is 34.5 Å². The van der Waals surface area contributed by atoms with Crippen LogP contribution in [-0.2, 0) is 19.9 Å². The molecule has 3 saturated heterocycles. The SMILES string of the molecule is CCN1C(=O)[C@@]2(c3ccccc31)[C@H]1C(=O)N(c3cc(Cl)ccc3Cl)C(=O)[C@@H]1[C@H]1CCCN12. The Morgan fingerprint density at radius 3 is 2.59 bits per heavy atom. The molecule has 1 spiro atoms. The molecule has 4 heterocycles. The normalized spacial score (nSPS) is 31.1. The number of fused-ring (bicyclic) bond motifs is 7. The quantitative estimate of drug-likeness (QED) is 0.626. The lowest BCUT2D eigenvalue weighted by atomic mass is 9.75. The van der Waals surface area contributed by atoms with Gasteiger partial charge in [-0.1, -0.05) is 41.4 Å². The summed E-state index contributed by atoms with van der Waals surface area (Å²) >= 11 is 12.6. The Labute approximate surface area is 195 Å². The van der Waals surface area contributed by atoms with Crippen LogP contribution in [0, 0.1) is 11.8 Å². The van der Waals surface area contributed by atoms with Crippen molar-refractivity contribution in [2.75, 3.05) is 22.9 Å². The third-order valence-corrected chi connectivity index (χ3v) is 8.16. The van der Waals surface area contributed by atoms with E-state index in [4.69, 9.17) is 23.2 Å². The summed E-state index contributed by atoms with van der Waals surface area (Å²) in [4.78, 5) is 46.9. The number of halogens is 2. The number of likely N-dealkylation sites (N-methyl/N-ethyl adjacent to an activating group) is 1. The first-order valence-electron chi connectivity index (χ1n) is 10.9. The highest BCUT2D eigenvalue weighted by Gasteiger charge is 2.75. The monoisotopic (exact) mass is 469 g/mol. The van der Waals surface area contributed by atoms with Gasteiger partial charge in [0.1, 0.15) is 5.54 Å². The predicted octanol–water partition coefficient (Wildman–Crippen LogP) is 3.84. The van der Waals surface area contributed by atoms with Crippen molar-refractivity contribution in [2.45, 2.75) is 31.3 Å². The molecule has 0 radical (unpaired) electrons. The molecule has 0 N–H and O–H groups in total. The second-order valence-electron chi connectivity index (χ2n) is 8.85. The molecule has 0 bridgehead atoms. The number of nitrogens with zero attached hydrogens (tertiary/aromatic N) is 3. The van der Waals surface area contributed by atoms with Crippen molar-refractivity contribution in [1.82, 2.24) is 4.90 Å². The largest absolute Gasteiger partial charge is 0.310 e. The molecule has 3 fully saturated rings. The fraction of sp³-hybridized carbons (Fsp3) is 0.375. The highest BCUT2D eigenvalue weighted by Crippen LogP contribution is 2.62. The smallest absolute Gasteiger partial charge is 0.253 e. The fourth-order valence-electron chi connectivity index (χ4n) is 6.55. The van der Waals surface area contributed by atoms with E-state index in [1.165, 1.54) is 4.90 Å². The fourth-order valence-corrected chi connectivity index (χ4v) is 6.92. The van der Waals surface area contributed by atoms with E-state index in [1.807, 2.05) is 31.2 Å². The zero-order valence-electron chi connectivity index (χ0n) is 17.4. The van der Waals surface area contributed by atoms with E-state index < -0.39 is 17.4 Å². The molecular weight excluding hydrogens is 449 g/mol. The maximum Gasteiger partial charge on any atom is 0.253 e. The number of benzene rings is 2. The highest BCUT2D eigenvalue weighted by molar-refractivity contribution is 6.38. The van der Waals surface area contributed by atoms with Crippen molar-refractivity contribution in [1.29, 1.82) is 0 Å². The Hall–Kier alpha value is -2.41. The number of rotatable bonds is 2. The van der Waals surface area contributed by atoms with Gasteiger partial charge in [-0.05, 0) is 50.6 Å². The van der Waals surface area contributed by atoms with Crippen LogP contribution in [0.3, 0.4) is 0 Å². The van der Waals surface area contributed by atoms with Gasteiger partial charge in [0.15, 0.2) is 0 Å². The van der Waals surface area contributed by atoms with Crippen molar-refractivity contribution in [3.8, 4) is 0 Å². The van der Waals surface area contributed by atoms with Crippen LogP contribution in [0.15, 0.2) is 42.5 Å². The number of anilines is 2. The summed E-state index contributed by atoms with van der Waals surface area (Å²) in [7, 11) is 0. The van der Waals surface area contributed by atoms with Crippen LogP contribution >= 0.6 is 23.2 Å². The molecule has 4 aliphatic heterocycles. The highest BCUT2D eigenvalue weighted by atomic mass is 35.5. The van der Waals surface area contributed by atoms with E-state index >= 15 is 0 Å². The molecular formula is C24H21Cl2N3O3. The third kappa shape index (κ3) is 2.23. The zero-order chi connectivity index (χ0) is 22.4. The number of hydrogen-bond donors (Lipinski definition) is 0. The summed E-state index contributed by atoms with van der Waals surface area (Å²) in [5.41, 5.74) is 0.775. The summed E-state index contributed by atoms with van der Waals surface area (Å²) in [6, 6.07) is 12.3. The summed E-state index contributed by atoms with van der Waals surface area (Å²) in [6.07, 6.45) is 1.66. The van der Waals surface area contributed by atoms with Gasteiger partial charge in [0.05, 0.1) is 22.5 Å². The van der Waals surface area contributed by atoms with Crippen molar-refractivity contribution < 1.29 is 14.4 Å². The van der Waals surface area contributed by atoms with E-state index in [0.717, 1.165) is 24.1 Å². The molecule has 8 heteroatoms. The zero-order valence-corrected chi connectivity index (χ0v) is 18.9. The van der Waals surface area contributed by atoms with Gasteiger partial charge in [0, 0.05) is 28.9 Å². The molecule has 0 unspecified atom stereocenters. The molecule has 2 aromatic carbocycles. The average molecular weight is 470 g/mol. The summed E-state index contributed by atoms with van der Waals surface area (Å²) in [5.74, 6) is -2.16. The van der Waals surface area contributed by atoms with Gasteiger partial charge in [-0.2, -0.15) is 0 Å². The second kappa shape index (κ2) is 6.80. The van der Waals surface area contributed by atoms with Gasteiger partial charge >= 0.3 is 0 Å². The Balaban J connectivity index is 1.58. The number of carbonyl (C=O) groups excluding carboxylic acids is 3. The molecule has 6 rings (SSSR count). The van der Waals surface area contributed by atoms with E-state index in [0.29, 0.717) is 18.1 Å². The van der Waals surface area contributed by atoms with Gasteiger partial charge in [-0.3, -0.25) is 19.3 Å². The molecule has 2 aromatic rings. The van der Waals surface area contributed by atoms with Gasteiger partial charge in [0.2, 0.25) is 11.8 Å². The Morgan fingerprint density at radius 2 is 1.81 bits per heavy atom. The van der Waals surface area contributed by atoms with Crippen LogP contribution in [0.5, 0.6) is 0 Å². The lowest BCUT2D eigenvalue weighted by Gasteiger charge is -2.37. The van der Waals surface area contributed by atoms with E-state index in [2.05, 4.69) is 4.90 Å². The summed E-state index contributed by atoms with van der Waals surface area (Å²) < 4.78 is 0. The standard InChI is InChI=1S/C24H21Cl2N3O3/c1-2-27-16-7-4-3-6-14(16)24(23(27)32)20-19(17-8-5-11-28(17)24)21(30)29(22(20)31)18-12-13(25)9-10-15(18)26/h3-4,6-7,9-10,12,17,19-20H,2,5,8,11H2,1H3/t17-,19-,20-,24-/m1/s1. The molecule has 32 heavy (non-hydrogen) atoms. The van der Waals surface area contributed by atoms with Gasteiger partial charge < -0.3 is 4.90 Å².